The van der Waals surface area contributed by atoms with E-state index in [-0.39, 0.29) is 11.9 Å². The molecule has 0 bridgehead atoms. The lowest BCUT2D eigenvalue weighted by Gasteiger charge is -2.13. The van der Waals surface area contributed by atoms with E-state index in [0.717, 1.165) is 17.8 Å². The summed E-state index contributed by atoms with van der Waals surface area (Å²) in [5.74, 6) is 0.0449. The molecular formula is C15H20N2O3S. The maximum Gasteiger partial charge on any atom is 0.348 e. The molecule has 5 nitrogen and oxygen atoms in total. The van der Waals surface area contributed by atoms with Crippen LogP contribution < -0.4 is 10.6 Å². The van der Waals surface area contributed by atoms with Gasteiger partial charge >= 0.3 is 5.97 Å². The van der Waals surface area contributed by atoms with Gasteiger partial charge in [-0.15, -0.1) is 11.3 Å². The highest BCUT2D eigenvalue weighted by molar-refractivity contribution is 7.18. The molecule has 1 aliphatic carbocycles. The summed E-state index contributed by atoms with van der Waals surface area (Å²) in [6, 6.07) is 1.62. The van der Waals surface area contributed by atoms with Crippen molar-refractivity contribution >= 4 is 28.2 Å². The Balaban J connectivity index is 1.59. The Morgan fingerprint density at radius 2 is 2.00 bits per heavy atom. The van der Waals surface area contributed by atoms with Gasteiger partial charge in [0.15, 0.2) is 0 Å². The molecule has 0 atom stereocenters. The van der Waals surface area contributed by atoms with Gasteiger partial charge in [-0.3, -0.25) is 4.79 Å². The molecule has 0 aromatic carbocycles. The first kappa shape index (κ1) is 14.4. The summed E-state index contributed by atoms with van der Waals surface area (Å²) in [5, 5.41) is 6.50. The van der Waals surface area contributed by atoms with Gasteiger partial charge in [0.1, 0.15) is 9.88 Å². The molecule has 1 aliphatic heterocycles. The highest BCUT2D eigenvalue weighted by atomic mass is 32.1. The fourth-order valence-corrected chi connectivity index (χ4v) is 3.83. The summed E-state index contributed by atoms with van der Waals surface area (Å²) in [7, 11) is 0. The van der Waals surface area contributed by atoms with Crippen LogP contribution in [0.15, 0.2) is 6.07 Å². The predicted molar refractivity (Wildman–Crippen MR) is 81.7 cm³/mol. The molecule has 0 unspecified atom stereocenters. The third-order valence-electron chi connectivity index (χ3n) is 4.10. The van der Waals surface area contributed by atoms with Gasteiger partial charge < -0.3 is 15.4 Å². The van der Waals surface area contributed by atoms with E-state index >= 15 is 0 Å². The van der Waals surface area contributed by atoms with Crippen molar-refractivity contribution in [3.63, 3.8) is 0 Å². The number of anilines is 1. The average Bonchev–Trinajstić information content (AvgIpc) is 2.76. The van der Waals surface area contributed by atoms with Gasteiger partial charge in [0, 0.05) is 0 Å². The Labute approximate surface area is 128 Å². The zero-order chi connectivity index (χ0) is 14.7. The summed E-state index contributed by atoms with van der Waals surface area (Å²) < 4.78 is 5.45. The minimum Gasteiger partial charge on any atom is -0.461 e. The molecule has 0 radical (unpaired) electrons. The molecule has 114 valence electrons. The average molecular weight is 308 g/mol. The minimum atomic E-state index is -0.312. The molecule has 21 heavy (non-hydrogen) atoms. The Kier molecular flexibility index (Phi) is 4.43. The van der Waals surface area contributed by atoms with Crippen LogP contribution in [-0.4, -0.2) is 25.2 Å². The van der Waals surface area contributed by atoms with Crippen LogP contribution in [0.3, 0.4) is 0 Å². The molecule has 6 heteroatoms. The molecule has 2 aliphatic rings. The van der Waals surface area contributed by atoms with E-state index < -0.39 is 0 Å². The Hall–Kier alpha value is -1.56. The van der Waals surface area contributed by atoms with E-state index in [1.165, 1.54) is 37.0 Å². The molecule has 1 fully saturated rings. The van der Waals surface area contributed by atoms with Gasteiger partial charge in [0.25, 0.3) is 5.91 Å². The molecule has 2 N–H and O–H groups in total. The number of carbonyl (C=O) groups excluding carboxylic acids is 2. The molecule has 1 aromatic rings. The predicted octanol–water partition coefficient (Wildman–Crippen LogP) is 2.99. The number of amides is 1. The number of ether oxygens (including phenoxy) is 1. The third-order valence-corrected chi connectivity index (χ3v) is 5.17. The highest BCUT2D eigenvalue weighted by Gasteiger charge is 2.23. The van der Waals surface area contributed by atoms with E-state index in [4.69, 9.17) is 4.74 Å². The lowest BCUT2D eigenvalue weighted by Crippen LogP contribution is -2.33. The van der Waals surface area contributed by atoms with Crippen molar-refractivity contribution < 1.29 is 14.3 Å². The molecule has 0 saturated heterocycles. The number of hydrogen-bond donors (Lipinski definition) is 2. The molecule has 3 rings (SSSR count). The first-order chi connectivity index (χ1) is 10.2. The summed E-state index contributed by atoms with van der Waals surface area (Å²) in [6.07, 6.45) is 7.36. The minimum absolute atomic E-state index is 0.136. The molecule has 2 heterocycles. The second kappa shape index (κ2) is 6.47. The Morgan fingerprint density at radius 1 is 1.24 bits per heavy atom. The Morgan fingerprint density at radius 3 is 2.71 bits per heavy atom. The lowest BCUT2D eigenvalue weighted by atomic mass is 10.0. The lowest BCUT2D eigenvalue weighted by molar-refractivity contribution is 0.0433. The summed E-state index contributed by atoms with van der Waals surface area (Å²) in [6.45, 7) is 0.907. The molecule has 1 aromatic heterocycles. The van der Waals surface area contributed by atoms with Gasteiger partial charge in [0.2, 0.25) is 0 Å². The van der Waals surface area contributed by atoms with Gasteiger partial charge in [-0.1, -0.05) is 25.7 Å². The number of fused-ring (bicyclic) bond motifs is 1. The van der Waals surface area contributed by atoms with Crippen molar-refractivity contribution in [2.24, 2.45) is 5.92 Å². The standard InChI is InChI=1S/C15H20N2O3S/c18-13-11-7-12(21-14(11)17-9-16-13)15(19)20-8-10-5-3-1-2-4-6-10/h7,10,17H,1-6,8-9H2,(H,16,18). The van der Waals surface area contributed by atoms with E-state index in [9.17, 15) is 9.59 Å². The van der Waals surface area contributed by atoms with Crippen molar-refractivity contribution in [3.8, 4) is 0 Å². The van der Waals surface area contributed by atoms with E-state index in [0.29, 0.717) is 29.6 Å². The quantitative estimate of drug-likeness (QED) is 0.665. The van der Waals surface area contributed by atoms with Crippen molar-refractivity contribution in [1.29, 1.82) is 0 Å². The fourth-order valence-electron chi connectivity index (χ4n) is 2.89. The second-order valence-electron chi connectivity index (χ2n) is 5.67. The van der Waals surface area contributed by atoms with Crippen LogP contribution in [0.25, 0.3) is 0 Å². The molecular weight excluding hydrogens is 288 g/mol. The van der Waals surface area contributed by atoms with Crippen molar-refractivity contribution in [3.05, 3.63) is 16.5 Å². The fraction of sp³-hybridized carbons (Fsp3) is 0.600. The number of rotatable bonds is 3. The SMILES string of the molecule is O=C(OCC1CCCCCC1)c1cc2c(s1)NCNC2=O. The Bertz CT molecular complexity index is 533. The van der Waals surface area contributed by atoms with E-state index in [2.05, 4.69) is 10.6 Å². The van der Waals surface area contributed by atoms with Crippen molar-refractivity contribution in [2.45, 2.75) is 38.5 Å². The van der Waals surface area contributed by atoms with Gasteiger partial charge in [-0.2, -0.15) is 0 Å². The number of carbonyl (C=O) groups is 2. The number of nitrogens with one attached hydrogen (secondary N) is 2. The van der Waals surface area contributed by atoms with Crippen LogP contribution in [0.1, 0.15) is 58.6 Å². The normalized spacial score (nSPS) is 19.1. The molecule has 1 saturated carbocycles. The van der Waals surface area contributed by atoms with Crippen LogP contribution in [0, 0.1) is 5.92 Å². The van der Waals surface area contributed by atoms with Gasteiger partial charge in [-0.05, 0) is 24.8 Å². The van der Waals surface area contributed by atoms with Crippen LogP contribution in [0.4, 0.5) is 5.00 Å². The zero-order valence-corrected chi connectivity index (χ0v) is 12.8. The number of esters is 1. The largest absolute Gasteiger partial charge is 0.461 e. The molecule has 0 spiro atoms. The first-order valence-electron chi connectivity index (χ1n) is 7.57. The van der Waals surface area contributed by atoms with Crippen LogP contribution >= 0.6 is 11.3 Å². The number of hydrogen-bond acceptors (Lipinski definition) is 5. The maximum absolute atomic E-state index is 12.1. The zero-order valence-electron chi connectivity index (χ0n) is 11.9. The van der Waals surface area contributed by atoms with Crippen LogP contribution in [-0.2, 0) is 4.74 Å². The first-order valence-corrected chi connectivity index (χ1v) is 8.38. The van der Waals surface area contributed by atoms with E-state index in [1.54, 1.807) is 6.07 Å². The number of thiophene rings is 1. The van der Waals surface area contributed by atoms with Crippen LogP contribution in [0.2, 0.25) is 0 Å². The molecule has 1 amide bonds. The van der Waals surface area contributed by atoms with Crippen molar-refractivity contribution in [2.75, 3.05) is 18.6 Å². The second-order valence-corrected chi connectivity index (χ2v) is 6.72. The van der Waals surface area contributed by atoms with Crippen LogP contribution in [0.5, 0.6) is 0 Å². The summed E-state index contributed by atoms with van der Waals surface area (Å²) in [5.41, 5.74) is 0.535. The highest BCUT2D eigenvalue weighted by Crippen LogP contribution is 2.30. The van der Waals surface area contributed by atoms with Gasteiger partial charge in [0.05, 0.1) is 18.8 Å². The summed E-state index contributed by atoms with van der Waals surface area (Å²) in [4.78, 5) is 24.3. The monoisotopic (exact) mass is 308 g/mol. The van der Waals surface area contributed by atoms with Gasteiger partial charge in [-0.25, -0.2) is 4.79 Å². The smallest absolute Gasteiger partial charge is 0.348 e. The topological polar surface area (TPSA) is 67.4 Å². The van der Waals surface area contributed by atoms with E-state index in [1.807, 2.05) is 0 Å². The maximum atomic E-state index is 12.1. The van der Waals surface area contributed by atoms with Crippen molar-refractivity contribution in [1.82, 2.24) is 5.32 Å². The summed E-state index contributed by atoms with van der Waals surface area (Å²) >= 11 is 1.29. The third kappa shape index (κ3) is 3.37.